The van der Waals surface area contributed by atoms with Crippen LogP contribution in [-0.4, -0.2) is 36.1 Å². The molecule has 0 bridgehead atoms. The molecule has 0 fully saturated rings. The fraction of sp³-hybridized carbons (Fsp3) is 0.516. The zero-order chi connectivity index (χ0) is 27.5. The fourth-order valence-electron chi connectivity index (χ4n) is 4.51. The minimum absolute atomic E-state index is 0.439. The normalized spacial score (nSPS) is 13.2. The summed E-state index contributed by atoms with van der Waals surface area (Å²) >= 11 is 2.42. The summed E-state index contributed by atoms with van der Waals surface area (Å²) in [6.07, 6.45) is 4.23. The van der Waals surface area contributed by atoms with Gasteiger partial charge in [-0.1, -0.05) is 91.8 Å². The second kappa shape index (κ2) is 15.7. The first-order valence-corrected chi connectivity index (χ1v) is 15.3. The average Bonchev–Trinajstić information content (AvgIpc) is 3.32. The molecule has 6 heteroatoms. The Hall–Kier alpha value is -1.59. The van der Waals surface area contributed by atoms with E-state index in [2.05, 4.69) is 150 Å². The number of hydrogen-bond acceptors (Lipinski definition) is 4. The molecule has 0 aromatic heterocycles. The number of halogens is 1. The molecular formula is C31H45AgClN2O2-. The van der Waals surface area contributed by atoms with E-state index in [0.29, 0.717) is 36.9 Å². The first-order chi connectivity index (χ1) is 17.7. The molecule has 0 N–H and O–H groups in total. The Morgan fingerprint density at radius 2 is 0.919 bits per heavy atom. The van der Waals surface area contributed by atoms with Crippen LogP contribution in [0.4, 0.5) is 0 Å². The molecule has 4 nitrogen and oxygen atoms in total. The van der Waals surface area contributed by atoms with Crippen molar-refractivity contribution in [1.29, 1.82) is 0 Å². The van der Waals surface area contributed by atoms with Gasteiger partial charge >= 0.3 is 29.2 Å². The van der Waals surface area contributed by atoms with Crippen LogP contribution in [0.5, 0.6) is 11.5 Å². The zero-order valence-corrected chi connectivity index (χ0v) is 26.0. The standard InChI is InChI=1S/C31H45N2O2.Ag.ClH/c1-22(2)26-11-9-12-27(23(3)4)30(26)34-19-17-32-15-16-33(21-32)18-20-35-31-28(24(5)6)13-10-14-29(31)25(7)8;;/h9-16,21-25H,17-20H2,1-8H3;;1H/q-1;+1;/p-1. The van der Waals surface area contributed by atoms with Crippen molar-refractivity contribution in [3.8, 4) is 11.5 Å². The van der Waals surface area contributed by atoms with Gasteiger partial charge in [0.15, 0.2) is 0 Å². The Bertz CT molecular complexity index is 861. The van der Waals surface area contributed by atoms with E-state index >= 15 is 0 Å². The topological polar surface area (TPSA) is 24.9 Å². The Morgan fingerprint density at radius 3 is 1.19 bits per heavy atom. The molecule has 0 saturated carbocycles. The molecule has 1 aliphatic heterocycles. The second-order valence-electron chi connectivity index (χ2n) is 10.7. The van der Waals surface area contributed by atoms with Crippen molar-refractivity contribution in [1.82, 2.24) is 9.80 Å². The van der Waals surface area contributed by atoms with Gasteiger partial charge in [-0.3, -0.25) is 0 Å². The molecule has 0 unspecified atom stereocenters. The zero-order valence-electron chi connectivity index (χ0n) is 23.7. The van der Waals surface area contributed by atoms with Gasteiger partial charge in [0.05, 0.1) is 0 Å². The van der Waals surface area contributed by atoms with Crippen molar-refractivity contribution in [2.24, 2.45) is 0 Å². The minimum atomic E-state index is 0.439. The van der Waals surface area contributed by atoms with Crippen LogP contribution in [0.15, 0.2) is 48.8 Å². The van der Waals surface area contributed by atoms with E-state index in [-0.39, 0.29) is 0 Å². The number of hydrogen-bond donors (Lipinski definition) is 0. The molecule has 0 radical (unpaired) electrons. The third kappa shape index (κ3) is 8.99. The van der Waals surface area contributed by atoms with Crippen molar-refractivity contribution in [3.63, 3.8) is 0 Å². The van der Waals surface area contributed by atoms with Gasteiger partial charge in [0.1, 0.15) is 24.7 Å². The summed E-state index contributed by atoms with van der Waals surface area (Å²) in [5, 5.41) is 0. The summed E-state index contributed by atoms with van der Waals surface area (Å²) in [5.41, 5.74) is 5.16. The molecule has 0 atom stereocenters. The van der Waals surface area contributed by atoms with Crippen molar-refractivity contribution < 1.29 is 29.5 Å². The van der Waals surface area contributed by atoms with Gasteiger partial charge in [0, 0.05) is 13.1 Å². The molecule has 0 amide bonds. The Morgan fingerprint density at radius 1 is 0.622 bits per heavy atom. The van der Waals surface area contributed by atoms with Gasteiger partial charge in [-0.05, 0) is 58.3 Å². The van der Waals surface area contributed by atoms with Crippen molar-refractivity contribution in [3.05, 3.63) is 77.7 Å². The van der Waals surface area contributed by atoms with Gasteiger partial charge in [0.2, 0.25) is 0 Å². The van der Waals surface area contributed by atoms with E-state index < -0.39 is 0 Å². The van der Waals surface area contributed by atoms with Gasteiger partial charge < -0.3 is 19.3 Å². The summed E-state index contributed by atoms with van der Waals surface area (Å²) < 4.78 is 12.7. The van der Waals surface area contributed by atoms with E-state index in [1.165, 1.54) is 22.3 Å². The summed E-state index contributed by atoms with van der Waals surface area (Å²) in [6, 6.07) is 13.1. The van der Waals surface area contributed by atoms with Gasteiger partial charge in [-0.25, -0.2) is 0 Å². The third-order valence-electron chi connectivity index (χ3n) is 6.58. The van der Waals surface area contributed by atoms with Crippen molar-refractivity contribution in [2.45, 2.75) is 79.1 Å². The van der Waals surface area contributed by atoms with Crippen LogP contribution in [0.25, 0.3) is 0 Å². The van der Waals surface area contributed by atoms with Crippen LogP contribution < -0.4 is 9.47 Å². The predicted octanol–water partition coefficient (Wildman–Crippen LogP) is 8.53. The fourth-order valence-corrected chi connectivity index (χ4v) is 4.51. The molecule has 0 saturated heterocycles. The summed E-state index contributed by atoms with van der Waals surface area (Å²) in [7, 11) is 4.45. The van der Waals surface area contributed by atoms with Crippen LogP contribution in [0, 0.1) is 6.67 Å². The van der Waals surface area contributed by atoms with Crippen molar-refractivity contribution in [2.75, 3.05) is 26.3 Å². The molecule has 37 heavy (non-hydrogen) atoms. The van der Waals surface area contributed by atoms with Crippen LogP contribution in [-0.2, 0) is 20.0 Å². The molecule has 1 aliphatic rings. The second-order valence-corrected chi connectivity index (χ2v) is 10.7. The predicted molar refractivity (Wildman–Crippen MR) is 153 cm³/mol. The van der Waals surface area contributed by atoms with Gasteiger partial charge in [-0.2, -0.15) is 6.67 Å². The number of nitrogens with zero attached hydrogens (tertiary/aromatic N) is 2. The number of benzene rings is 2. The number of rotatable bonds is 12. The maximum atomic E-state index is 6.36. The van der Waals surface area contributed by atoms with Crippen LogP contribution in [0.3, 0.4) is 0 Å². The Labute approximate surface area is 242 Å². The molecule has 0 spiro atoms. The van der Waals surface area contributed by atoms with E-state index in [1.54, 1.807) is 0 Å². The third-order valence-corrected chi connectivity index (χ3v) is 6.58. The summed E-state index contributed by atoms with van der Waals surface area (Å²) in [6.45, 7) is 22.9. The summed E-state index contributed by atoms with van der Waals surface area (Å²) in [4.78, 5) is 4.38. The number of para-hydroxylation sites is 2. The quantitative estimate of drug-likeness (QED) is 0.175. The Balaban J connectivity index is 0.00000235. The monoisotopic (exact) mass is 619 g/mol. The van der Waals surface area contributed by atoms with E-state index in [1.807, 2.05) is 0 Å². The Kier molecular flexibility index (Phi) is 13.4. The van der Waals surface area contributed by atoms with Gasteiger partial charge in [-0.15, -0.1) is 0 Å². The van der Waals surface area contributed by atoms with E-state index in [0.717, 1.165) is 24.6 Å². The average molecular weight is 621 g/mol. The molecule has 3 rings (SSSR count). The molecule has 2 aromatic carbocycles. The maximum absolute atomic E-state index is 6.36. The molecule has 2 aromatic rings. The molecule has 0 aliphatic carbocycles. The van der Waals surface area contributed by atoms with Crippen molar-refractivity contribution >= 4 is 9.19 Å². The SMILES string of the molecule is CC(C)c1cccc(C(C)C)c1OCCN1C=CN(CCOc2c(C(C)C)cccc2C(C)C)[CH-]1.[Cl][Ag]. The molecule has 1 heterocycles. The van der Waals surface area contributed by atoms with Crippen LogP contribution in [0.2, 0.25) is 0 Å². The first kappa shape index (κ1) is 31.6. The first-order valence-electron chi connectivity index (χ1n) is 13.4. The molecular weight excluding hydrogens is 576 g/mol. The van der Waals surface area contributed by atoms with Crippen LogP contribution in [0.1, 0.15) is 101 Å². The summed E-state index contributed by atoms with van der Waals surface area (Å²) in [5.74, 6) is 3.89. The van der Waals surface area contributed by atoms with E-state index in [4.69, 9.17) is 9.47 Å². The molecule has 210 valence electrons. The number of ether oxygens (including phenoxy) is 2. The van der Waals surface area contributed by atoms with E-state index in [9.17, 15) is 0 Å². The van der Waals surface area contributed by atoms with Gasteiger partial charge in [0.25, 0.3) is 0 Å². The van der Waals surface area contributed by atoms with Crippen LogP contribution >= 0.6 is 9.19 Å².